The van der Waals surface area contributed by atoms with Gasteiger partial charge < -0.3 is 5.32 Å². The van der Waals surface area contributed by atoms with Crippen LogP contribution in [0.5, 0.6) is 0 Å². The first-order valence-corrected chi connectivity index (χ1v) is 8.58. The third-order valence-corrected chi connectivity index (χ3v) is 5.51. The van der Waals surface area contributed by atoms with Gasteiger partial charge in [-0.3, -0.25) is 0 Å². The standard InChI is InChI=1S/C14H20N2O2S/c17-19(18,10-13-6-3-7-15-13)16-14-8-11-4-1-2-5-12(11)9-14/h1-2,4-5,13-16H,3,6-10H2. The number of hydrogen-bond acceptors (Lipinski definition) is 3. The minimum atomic E-state index is -3.18. The van der Waals surface area contributed by atoms with E-state index in [1.807, 2.05) is 12.1 Å². The van der Waals surface area contributed by atoms with Gasteiger partial charge in [-0.25, -0.2) is 13.1 Å². The van der Waals surface area contributed by atoms with E-state index in [1.165, 1.54) is 11.1 Å². The highest BCUT2D eigenvalue weighted by Gasteiger charge is 2.27. The van der Waals surface area contributed by atoms with E-state index >= 15 is 0 Å². The first-order valence-electron chi connectivity index (χ1n) is 6.92. The Morgan fingerprint density at radius 2 is 1.89 bits per heavy atom. The van der Waals surface area contributed by atoms with Crippen LogP contribution in [0.1, 0.15) is 24.0 Å². The van der Waals surface area contributed by atoms with Crippen molar-refractivity contribution < 1.29 is 8.42 Å². The molecule has 0 bridgehead atoms. The van der Waals surface area contributed by atoms with E-state index < -0.39 is 10.0 Å². The van der Waals surface area contributed by atoms with Gasteiger partial charge in [-0.15, -0.1) is 0 Å². The van der Waals surface area contributed by atoms with Crippen molar-refractivity contribution in [1.29, 1.82) is 0 Å². The molecule has 19 heavy (non-hydrogen) atoms. The molecule has 0 amide bonds. The molecular weight excluding hydrogens is 260 g/mol. The first kappa shape index (κ1) is 13.1. The zero-order valence-corrected chi connectivity index (χ0v) is 11.7. The van der Waals surface area contributed by atoms with Crippen LogP contribution in [0, 0.1) is 0 Å². The minimum absolute atomic E-state index is 0.0313. The molecule has 1 aliphatic heterocycles. The molecule has 5 heteroatoms. The van der Waals surface area contributed by atoms with Gasteiger partial charge in [-0.1, -0.05) is 24.3 Å². The summed E-state index contributed by atoms with van der Waals surface area (Å²) in [6.07, 6.45) is 3.67. The molecule has 1 unspecified atom stereocenters. The van der Waals surface area contributed by atoms with Crippen LogP contribution in [0.3, 0.4) is 0 Å². The maximum Gasteiger partial charge on any atom is 0.213 e. The van der Waals surface area contributed by atoms with Crippen molar-refractivity contribution in [2.75, 3.05) is 12.3 Å². The van der Waals surface area contributed by atoms with Crippen molar-refractivity contribution >= 4 is 10.0 Å². The van der Waals surface area contributed by atoms with Gasteiger partial charge in [0.05, 0.1) is 5.75 Å². The normalized spacial score (nSPS) is 23.7. The van der Waals surface area contributed by atoms with Crippen LogP contribution in [0.25, 0.3) is 0 Å². The predicted octanol–water partition coefficient (Wildman–Crippen LogP) is 0.825. The zero-order valence-electron chi connectivity index (χ0n) is 10.9. The second kappa shape index (κ2) is 5.23. The molecule has 1 saturated heterocycles. The molecule has 0 aromatic heterocycles. The smallest absolute Gasteiger partial charge is 0.213 e. The number of nitrogens with one attached hydrogen (secondary N) is 2. The fourth-order valence-corrected chi connectivity index (χ4v) is 4.69. The van der Waals surface area contributed by atoms with Gasteiger partial charge in [-0.05, 0) is 43.4 Å². The molecule has 2 aliphatic rings. The number of hydrogen-bond donors (Lipinski definition) is 2. The molecule has 1 atom stereocenters. The van der Waals surface area contributed by atoms with Gasteiger partial charge >= 0.3 is 0 Å². The quantitative estimate of drug-likeness (QED) is 0.859. The fraction of sp³-hybridized carbons (Fsp3) is 0.571. The van der Waals surface area contributed by atoms with E-state index in [9.17, 15) is 8.42 Å². The van der Waals surface area contributed by atoms with Gasteiger partial charge in [0.1, 0.15) is 0 Å². The topological polar surface area (TPSA) is 58.2 Å². The second-order valence-electron chi connectivity index (χ2n) is 5.57. The summed E-state index contributed by atoms with van der Waals surface area (Å²) in [5, 5.41) is 3.24. The van der Waals surface area contributed by atoms with Gasteiger partial charge in [-0.2, -0.15) is 0 Å². The molecule has 0 spiro atoms. The average Bonchev–Trinajstić information content (AvgIpc) is 2.95. The maximum atomic E-state index is 12.1. The Morgan fingerprint density at radius 3 is 2.47 bits per heavy atom. The Balaban J connectivity index is 1.60. The molecule has 1 fully saturated rings. The molecule has 1 aromatic carbocycles. The second-order valence-corrected chi connectivity index (χ2v) is 7.36. The largest absolute Gasteiger partial charge is 0.313 e. The van der Waals surface area contributed by atoms with Crippen LogP contribution >= 0.6 is 0 Å². The summed E-state index contributed by atoms with van der Waals surface area (Å²) in [5.74, 6) is 0.208. The Kier molecular flexibility index (Phi) is 3.60. The van der Waals surface area contributed by atoms with Crippen LogP contribution in [0.4, 0.5) is 0 Å². The molecule has 0 radical (unpaired) electrons. The highest BCUT2D eigenvalue weighted by atomic mass is 32.2. The summed E-state index contributed by atoms with van der Waals surface area (Å²) in [7, 11) is -3.18. The highest BCUT2D eigenvalue weighted by molar-refractivity contribution is 7.89. The summed E-state index contributed by atoms with van der Waals surface area (Å²) >= 11 is 0. The van der Waals surface area contributed by atoms with E-state index in [4.69, 9.17) is 0 Å². The Labute approximate surface area is 114 Å². The van der Waals surface area contributed by atoms with E-state index in [0.717, 1.165) is 32.2 Å². The van der Waals surface area contributed by atoms with Gasteiger partial charge in [0, 0.05) is 12.1 Å². The summed E-state index contributed by atoms with van der Waals surface area (Å²) in [6, 6.07) is 8.35. The summed E-state index contributed by atoms with van der Waals surface area (Å²) in [6.45, 7) is 0.940. The monoisotopic (exact) mass is 280 g/mol. The van der Waals surface area contributed by atoms with Gasteiger partial charge in [0.25, 0.3) is 0 Å². The van der Waals surface area contributed by atoms with Crippen LogP contribution in [-0.2, 0) is 22.9 Å². The van der Waals surface area contributed by atoms with E-state index in [-0.39, 0.29) is 17.8 Å². The summed E-state index contributed by atoms with van der Waals surface area (Å²) < 4.78 is 27.1. The molecule has 4 nitrogen and oxygen atoms in total. The van der Waals surface area contributed by atoms with Crippen LogP contribution in [-0.4, -0.2) is 32.8 Å². The van der Waals surface area contributed by atoms with Crippen molar-refractivity contribution in [2.45, 2.75) is 37.8 Å². The molecule has 1 aromatic rings. The lowest BCUT2D eigenvalue weighted by Crippen LogP contribution is -2.41. The molecule has 1 heterocycles. The maximum absolute atomic E-state index is 12.1. The van der Waals surface area contributed by atoms with Crippen molar-refractivity contribution in [3.63, 3.8) is 0 Å². The van der Waals surface area contributed by atoms with Crippen molar-refractivity contribution in [3.8, 4) is 0 Å². The molecular formula is C14H20N2O2S. The predicted molar refractivity (Wildman–Crippen MR) is 75.6 cm³/mol. The molecule has 3 rings (SSSR count). The molecule has 0 saturated carbocycles. The van der Waals surface area contributed by atoms with Crippen LogP contribution in [0.15, 0.2) is 24.3 Å². The minimum Gasteiger partial charge on any atom is -0.313 e. The molecule has 1 aliphatic carbocycles. The first-order chi connectivity index (χ1) is 9.12. The average molecular weight is 280 g/mol. The third kappa shape index (κ3) is 3.16. The van der Waals surface area contributed by atoms with Crippen LogP contribution < -0.4 is 10.0 Å². The molecule has 104 valence electrons. The number of benzene rings is 1. The summed E-state index contributed by atoms with van der Waals surface area (Å²) in [4.78, 5) is 0. The van der Waals surface area contributed by atoms with Gasteiger partial charge in [0.2, 0.25) is 10.0 Å². The summed E-state index contributed by atoms with van der Waals surface area (Å²) in [5.41, 5.74) is 2.54. The lowest BCUT2D eigenvalue weighted by molar-refractivity contribution is 0.542. The van der Waals surface area contributed by atoms with Crippen molar-refractivity contribution in [3.05, 3.63) is 35.4 Å². The Morgan fingerprint density at radius 1 is 1.21 bits per heavy atom. The van der Waals surface area contributed by atoms with E-state index in [2.05, 4.69) is 22.2 Å². The van der Waals surface area contributed by atoms with Crippen molar-refractivity contribution in [2.24, 2.45) is 0 Å². The zero-order chi connectivity index (χ0) is 13.3. The number of fused-ring (bicyclic) bond motifs is 1. The SMILES string of the molecule is O=S(=O)(CC1CCCN1)NC1Cc2ccccc2C1. The Bertz CT molecular complexity index is 525. The number of rotatable bonds is 4. The van der Waals surface area contributed by atoms with E-state index in [0.29, 0.717) is 0 Å². The highest BCUT2D eigenvalue weighted by Crippen LogP contribution is 2.22. The van der Waals surface area contributed by atoms with Crippen LogP contribution in [0.2, 0.25) is 0 Å². The Hall–Kier alpha value is -0.910. The third-order valence-electron chi connectivity index (χ3n) is 3.98. The van der Waals surface area contributed by atoms with E-state index in [1.54, 1.807) is 0 Å². The molecule has 2 N–H and O–H groups in total. The van der Waals surface area contributed by atoms with Crippen molar-refractivity contribution in [1.82, 2.24) is 10.0 Å². The lowest BCUT2D eigenvalue weighted by atomic mass is 10.1. The lowest BCUT2D eigenvalue weighted by Gasteiger charge is -2.15. The van der Waals surface area contributed by atoms with Gasteiger partial charge in [0.15, 0.2) is 0 Å². The fourth-order valence-electron chi connectivity index (χ4n) is 3.11. The number of sulfonamides is 1.